The van der Waals surface area contributed by atoms with Crippen molar-refractivity contribution in [3.8, 4) is 0 Å². The lowest BCUT2D eigenvalue weighted by atomic mass is 10.2. The molecular formula is C15H21N3OS2. The fourth-order valence-corrected chi connectivity index (χ4v) is 4.24. The quantitative estimate of drug-likeness (QED) is 0.916. The van der Waals surface area contributed by atoms with Crippen molar-refractivity contribution in [2.75, 3.05) is 24.8 Å². The van der Waals surface area contributed by atoms with Gasteiger partial charge in [-0.3, -0.25) is 4.79 Å². The van der Waals surface area contributed by atoms with Crippen molar-refractivity contribution in [1.29, 1.82) is 0 Å². The summed E-state index contributed by atoms with van der Waals surface area (Å²) < 4.78 is 0. The Bertz CT molecular complexity index is 654. The van der Waals surface area contributed by atoms with Gasteiger partial charge in [-0.2, -0.15) is 11.8 Å². The first kappa shape index (κ1) is 16.1. The van der Waals surface area contributed by atoms with Crippen molar-refractivity contribution < 1.29 is 4.79 Å². The Hall–Kier alpha value is -1.27. The van der Waals surface area contributed by atoms with E-state index in [0.29, 0.717) is 10.6 Å². The number of aromatic nitrogens is 1. The largest absolute Gasteiger partial charge is 0.397 e. The van der Waals surface area contributed by atoms with Gasteiger partial charge in [0.2, 0.25) is 0 Å². The number of carbonyl (C=O) groups is 1. The topological polar surface area (TPSA) is 59.2 Å². The molecule has 0 saturated heterocycles. The van der Waals surface area contributed by atoms with Crippen LogP contribution >= 0.6 is 23.1 Å². The Balaban J connectivity index is 2.36. The van der Waals surface area contributed by atoms with Crippen LogP contribution in [0.3, 0.4) is 0 Å². The molecule has 0 fully saturated rings. The van der Waals surface area contributed by atoms with E-state index in [4.69, 9.17) is 5.73 Å². The van der Waals surface area contributed by atoms with E-state index < -0.39 is 0 Å². The molecule has 4 nitrogen and oxygen atoms in total. The lowest BCUT2D eigenvalue weighted by Crippen LogP contribution is -2.38. The summed E-state index contributed by atoms with van der Waals surface area (Å²) in [5.41, 5.74) is 7.65. The van der Waals surface area contributed by atoms with E-state index in [9.17, 15) is 4.79 Å². The molecule has 2 aromatic heterocycles. The molecule has 2 heterocycles. The number of rotatable bonds is 5. The van der Waals surface area contributed by atoms with Gasteiger partial charge in [0.05, 0.1) is 5.69 Å². The SMILES string of the molecule is CCC(CSC)N(C)C(=O)c1sc2nc(C)ccc2c1N. The Morgan fingerprint density at radius 3 is 2.86 bits per heavy atom. The summed E-state index contributed by atoms with van der Waals surface area (Å²) >= 11 is 3.14. The molecular weight excluding hydrogens is 302 g/mol. The predicted octanol–water partition coefficient (Wildman–Crippen LogP) is 3.40. The zero-order valence-corrected chi connectivity index (χ0v) is 14.5. The number of fused-ring (bicyclic) bond motifs is 1. The molecule has 0 spiro atoms. The van der Waals surface area contributed by atoms with E-state index in [0.717, 1.165) is 28.1 Å². The van der Waals surface area contributed by atoms with Gasteiger partial charge in [-0.15, -0.1) is 11.3 Å². The van der Waals surface area contributed by atoms with Crippen LogP contribution in [0.15, 0.2) is 12.1 Å². The van der Waals surface area contributed by atoms with Crippen LogP contribution in [0.25, 0.3) is 10.2 Å². The van der Waals surface area contributed by atoms with Gasteiger partial charge in [0.15, 0.2) is 0 Å². The maximum atomic E-state index is 12.7. The lowest BCUT2D eigenvalue weighted by Gasteiger charge is -2.26. The van der Waals surface area contributed by atoms with E-state index in [2.05, 4.69) is 18.2 Å². The molecule has 0 aliphatic rings. The van der Waals surface area contributed by atoms with Crippen molar-refractivity contribution >= 4 is 44.9 Å². The van der Waals surface area contributed by atoms with Crippen molar-refractivity contribution in [2.24, 2.45) is 0 Å². The molecule has 0 aromatic carbocycles. The number of nitrogens with zero attached hydrogens (tertiary/aromatic N) is 2. The summed E-state index contributed by atoms with van der Waals surface area (Å²) in [7, 11) is 1.86. The molecule has 2 rings (SSSR count). The highest BCUT2D eigenvalue weighted by molar-refractivity contribution is 7.98. The molecule has 0 radical (unpaired) electrons. The summed E-state index contributed by atoms with van der Waals surface area (Å²) in [6.45, 7) is 4.04. The highest BCUT2D eigenvalue weighted by Gasteiger charge is 2.24. The highest BCUT2D eigenvalue weighted by atomic mass is 32.2. The third kappa shape index (κ3) is 3.16. The third-order valence-electron chi connectivity index (χ3n) is 3.63. The van der Waals surface area contributed by atoms with Crippen LogP contribution in [0.5, 0.6) is 0 Å². The average molecular weight is 323 g/mol. The molecule has 2 aromatic rings. The van der Waals surface area contributed by atoms with E-state index in [1.807, 2.05) is 31.0 Å². The van der Waals surface area contributed by atoms with Gasteiger partial charge >= 0.3 is 0 Å². The summed E-state index contributed by atoms with van der Waals surface area (Å²) in [6.07, 6.45) is 2.99. The van der Waals surface area contributed by atoms with Gasteiger partial charge < -0.3 is 10.6 Å². The first-order chi connectivity index (χ1) is 9.99. The van der Waals surface area contributed by atoms with Crippen LogP contribution in [0.1, 0.15) is 28.7 Å². The zero-order chi connectivity index (χ0) is 15.6. The summed E-state index contributed by atoms with van der Waals surface area (Å²) in [4.78, 5) is 20.4. The maximum absolute atomic E-state index is 12.7. The summed E-state index contributed by atoms with van der Waals surface area (Å²) in [6, 6.07) is 4.10. The molecule has 1 atom stereocenters. The average Bonchev–Trinajstić information content (AvgIpc) is 2.79. The minimum Gasteiger partial charge on any atom is -0.397 e. The first-order valence-electron chi connectivity index (χ1n) is 6.91. The first-order valence-corrected chi connectivity index (χ1v) is 9.12. The van der Waals surface area contributed by atoms with Crippen LogP contribution in [0.2, 0.25) is 0 Å². The number of nitrogens with two attached hydrogens (primary N) is 1. The fourth-order valence-electron chi connectivity index (χ4n) is 2.27. The number of thioether (sulfide) groups is 1. The second kappa shape index (κ2) is 6.66. The molecule has 0 saturated carbocycles. The summed E-state index contributed by atoms with van der Waals surface area (Å²) in [5.74, 6) is 0.926. The standard InChI is InChI=1S/C15H21N3OS2/c1-5-10(8-20-4)18(3)15(19)13-12(16)11-7-6-9(2)17-14(11)21-13/h6-7,10H,5,8,16H2,1-4H3. The zero-order valence-electron chi connectivity index (χ0n) is 12.8. The van der Waals surface area contributed by atoms with Crippen LogP contribution in [-0.2, 0) is 0 Å². The fraction of sp³-hybridized carbons (Fsp3) is 0.467. The number of aryl methyl sites for hydroxylation is 1. The van der Waals surface area contributed by atoms with Crippen LogP contribution in [0.4, 0.5) is 5.69 Å². The van der Waals surface area contributed by atoms with Gasteiger partial charge in [0, 0.05) is 29.9 Å². The van der Waals surface area contributed by atoms with E-state index in [-0.39, 0.29) is 11.9 Å². The van der Waals surface area contributed by atoms with Gasteiger partial charge in [-0.1, -0.05) is 6.92 Å². The van der Waals surface area contributed by atoms with Gasteiger partial charge in [-0.25, -0.2) is 4.98 Å². The van der Waals surface area contributed by atoms with Crippen LogP contribution in [-0.4, -0.2) is 40.9 Å². The Morgan fingerprint density at radius 1 is 1.52 bits per heavy atom. The molecule has 2 N–H and O–H groups in total. The number of nitrogen functional groups attached to an aromatic ring is 1. The minimum absolute atomic E-state index is 0.00551. The second-order valence-electron chi connectivity index (χ2n) is 5.08. The van der Waals surface area contributed by atoms with E-state index >= 15 is 0 Å². The van der Waals surface area contributed by atoms with Gasteiger partial charge in [0.1, 0.15) is 9.71 Å². The number of carbonyl (C=O) groups excluding carboxylic acids is 1. The predicted molar refractivity (Wildman–Crippen MR) is 93.3 cm³/mol. The van der Waals surface area contributed by atoms with Gasteiger partial charge in [0.25, 0.3) is 5.91 Å². The monoisotopic (exact) mass is 323 g/mol. The van der Waals surface area contributed by atoms with E-state index in [1.54, 1.807) is 11.8 Å². The molecule has 0 aliphatic carbocycles. The number of hydrogen-bond donors (Lipinski definition) is 1. The minimum atomic E-state index is -0.00551. The molecule has 0 bridgehead atoms. The van der Waals surface area contributed by atoms with Crippen molar-refractivity contribution in [3.05, 3.63) is 22.7 Å². The lowest BCUT2D eigenvalue weighted by molar-refractivity contribution is 0.0749. The van der Waals surface area contributed by atoms with E-state index in [1.165, 1.54) is 11.3 Å². The third-order valence-corrected chi connectivity index (χ3v) is 5.45. The Labute approximate surface area is 133 Å². The number of amides is 1. The van der Waals surface area contributed by atoms with Crippen LogP contribution in [0, 0.1) is 6.92 Å². The van der Waals surface area contributed by atoms with Crippen molar-refractivity contribution in [2.45, 2.75) is 26.3 Å². The number of thiophene rings is 1. The molecule has 1 unspecified atom stereocenters. The highest BCUT2D eigenvalue weighted by Crippen LogP contribution is 2.33. The summed E-state index contributed by atoms with van der Waals surface area (Å²) in [5, 5.41) is 0.875. The Morgan fingerprint density at radius 2 is 2.24 bits per heavy atom. The molecule has 6 heteroatoms. The smallest absolute Gasteiger partial charge is 0.266 e. The van der Waals surface area contributed by atoms with Crippen LogP contribution < -0.4 is 5.73 Å². The van der Waals surface area contributed by atoms with Gasteiger partial charge in [-0.05, 0) is 31.7 Å². The number of hydrogen-bond acceptors (Lipinski definition) is 5. The van der Waals surface area contributed by atoms with Crippen molar-refractivity contribution in [3.63, 3.8) is 0 Å². The normalized spacial score (nSPS) is 12.6. The van der Waals surface area contributed by atoms with Crippen molar-refractivity contribution in [1.82, 2.24) is 9.88 Å². The molecule has 1 amide bonds. The maximum Gasteiger partial charge on any atom is 0.266 e. The molecule has 21 heavy (non-hydrogen) atoms. The number of pyridine rings is 1. The number of anilines is 1. The second-order valence-corrected chi connectivity index (χ2v) is 6.99. The molecule has 114 valence electrons. The molecule has 0 aliphatic heterocycles. The Kier molecular flexibility index (Phi) is 5.11.